The van der Waals surface area contributed by atoms with Crippen LogP contribution in [0.1, 0.15) is 27.9 Å². The lowest BCUT2D eigenvalue weighted by atomic mass is 10.0. The Kier molecular flexibility index (Phi) is 6.28. The van der Waals surface area contributed by atoms with Crippen LogP contribution in [0, 0.1) is 11.6 Å². The normalized spacial score (nSPS) is 15.3. The number of hydrogen-bond donors (Lipinski definition) is 0. The van der Waals surface area contributed by atoms with Gasteiger partial charge in [-0.15, -0.1) is 0 Å². The quantitative estimate of drug-likeness (QED) is 0.511. The Hall–Kier alpha value is -3.25. The van der Waals surface area contributed by atoms with Gasteiger partial charge in [-0.3, -0.25) is 4.79 Å². The molecule has 0 spiro atoms. The summed E-state index contributed by atoms with van der Waals surface area (Å²) in [4.78, 5) is 20.2. The Bertz CT molecular complexity index is 1100. The van der Waals surface area contributed by atoms with Crippen LogP contribution in [0.5, 0.6) is 0 Å². The van der Waals surface area contributed by atoms with Crippen LogP contribution in [0.3, 0.4) is 0 Å². The third-order valence-corrected chi connectivity index (χ3v) is 5.26. The highest BCUT2D eigenvalue weighted by atomic mass is 35.5. The SMILES string of the molecule is O=C(c1ccccc1F)N(Cc1ccc(F)cc1)C[C@H]1CC(c2ccc(Cl)cc2)=NO1. The third kappa shape index (κ3) is 5.09. The van der Waals surface area contributed by atoms with Crippen molar-refractivity contribution in [3.8, 4) is 0 Å². The second-order valence-electron chi connectivity index (χ2n) is 7.27. The van der Waals surface area contributed by atoms with Gasteiger partial charge in [-0.1, -0.05) is 53.2 Å². The van der Waals surface area contributed by atoms with Crippen LogP contribution in [0.15, 0.2) is 78.0 Å². The molecule has 1 aliphatic heterocycles. The van der Waals surface area contributed by atoms with Crippen molar-refractivity contribution in [1.82, 2.24) is 4.90 Å². The Labute approximate surface area is 183 Å². The van der Waals surface area contributed by atoms with Gasteiger partial charge in [0.15, 0.2) is 6.10 Å². The average molecular weight is 441 g/mol. The molecule has 158 valence electrons. The van der Waals surface area contributed by atoms with Crippen molar-refractivity contribution in [1.29, 1.82) is 0 Å². The molecular formula is C24H19ClF2N2O2. The summed E-state index contributed by atoms with van der Waals surface area (Å²) in [6, 6.07) is 18.9. The maximum absolute atomic E-state index is 14.3. The van der Waals surface area contributed by atoms with Crippen LogP contribution in [-0.2, 0) is 11.4 Å². The first kappa shape index (κ1) is 21.0. The number of oxime groups is 1. The molecule has 4 rings (SSSR count). The molecule has 0 radical (unpaired) electrons. The first-order valence-electron chi connectivity index (χ1n) is 9.76. The van der Waals surface area contributed by atoms with Crippen molar-refractivity contribution < 1.29 is 18.4 Å². The second kappa shape index (κ2) is 9.27. The van der Waals surface area contributed by atoms with Gasteiger partial charge in [-0.2, -0.15) is 0 Å². The molecule has 1 aliphatic rings. The van der Waals surface area contributed by atoms with Crippen molar-refractivity contribution in [2.45, 2.75) is 19.1 Å². The molecule has 1 heterocycles. The number of hydrogen-bond acceptors (Lipinski definition) is 3. The van der Waals surface area contributed by atoms with Crippen molar-refractivity contribution in [2.24, 2.45) is 5.16 Å². The van der Waals surface area contributed by atoms with Crippen LogP contribution in [-0.4, -0.2) is 29.2 Å². The largest absolute Gasteiger partial charge is 0.390 e. The Balaban J connectivity index is 1.52. The third-order valence-electron chi connectivity index (χ3n) is 5.01. The summed E-state index contributed by atoms with van der Waals surface area (Å²) in [6.45, 7) is 0.384. The first-order chi connectivity index (χ1) is 15.0. The van der Waals surface area contributed by atoms with E-state index in [4.69, 9.17) is 16.4 Å². The Morgan fingerprint density at radius 3 is 2.45 bits per heavy atom. The van der Waals surface area contributed by atoms with E-state index in [0.717, 1.165) is 16.8 Å². The minimum atomic E-state index is -0.595. The predicted octanol–water partition coefficient (Wildman–Crippen LogP) is 5.45. The fraction of sp³-hybridized carbons (Fsp3) is 0.167. The molecule has 0 unspecified atom stereocenters. The van der Waals surface area contributed by atoms with Crippen LogP contribution in [0.2, 0.25) is 5.02 Å². The summed E-state index contributed by atoms with van der Waals surface area (Å²) < 4.78 is 27.5. The van der Waals surface area contributed by atoms with Crippen LogP contribution in [0.4, 0.5) is 8.78 Å². The number of nitrogens with zero attached hydrogens (tertiary/aromatic N) is 2. The first-order valence-corrected chi connectivity index (χ1v) is 10.1. The number of carbonyl (C=O) groups is 1. The van der Waals surface area contributed by atoms with Crippen molar-refractivity contribution in [2.75, 3.05) is 6.54 Å². The van der Waals surface area contributed by atoms with E-state index in [1.807, 2.05) is 12.1 Å². The fourth-order valence-corrected chi connectivity index (χ4v) is 3.55. The smallest absolute Gasteiger partial charge is 0.257 e. The standard InChI is InChI=1S/C24H19ClF2N2O2/c25-18-9-7-17(8-10-18)23-13-20(31-28-23)15-29(14-16-5-11-19(26)12-6-16)24(30)21-3-1-2-4-22(21)27/h1-12,20H,13-15H2/t20-/m1/s1. The molecule has 3 aromatic carbocycles. The van der Waals surface area contributed by atoms with Gasteiger partial charge in [0, 0.05) is 18.0 Å². The summed E-state index contributed by atoms with van der Waals surface area (Å²) in [7, 11) is 0. The van der Waals surface area contributed by atoms with E-state index in [1.165, 1.54) is 35.2 Å². The van der Waals surface area contributed by atoms with Crippen molar-refractivity contribution in [3.63, 3.8) is 0 Å². The summed E-state index contributed by atoms with van der Waals surface area (Å²) in [5, 5.41) is 4.78. The van der Waals surface area contributed by atoms with Gasteiger partial charge in [0.2, 0.25) is 0 Å². The molecule has 0 aromatic heterocycles. The van der Waals surface area contributed by atoms with Crippen molar-refractivity contribution >= 4 is 23.2 Å². The molecule has 0 bridgehead atoms. The van der Waals surface area contributed by atoms with E-state index in [1.54, 1.807) is 30.3 Å². The van der Waals surface area contributed by atoms with Crippen LogP contribution < -0.4 is 0 Å². The van der Waals surface area contributed by atoms with Gasteiger partial charge in [0.05, 0.1) is 17.8 Å². The molecular weight excluding hydrogens is 422 g/mol. The molecule has 0 saturated heterocycles. The van der Waals surface area contributed by atoms with Crippen LogP contribution >= 0.6 is 11.6 Å². The molecule has 0 aliphatic carbocycles. The van der Waals surface area contributed by atoms with Gasteiger partial charge >= 0.3 is 0 Å². The molecule has 3 aromatic rings. The molecule has 0 fully saturated rings. The van der Waals surface area contributed by atoms with E-state index in [-0.39, 0.29) is 30.6 Å². The molecule has 7 heteroatoms. The maximum Gasteiger partial charge on any atom is 0.257 e. The van der Waals surface area contributed by atoms with Crippen LogP contribution in [0.25, 0.3) is 0 Å². The zero-order valence-corrected chi connectivity index (χ0v) is 17.2. The summed E-state index contributed by atoms with van der Waals surface area (Å²) in [5.41, 5.74) is 2.34. The van der Waals surface area contributed by atoms with E-state index in [0.29, 0.717) is 11.4 Å². The number of benzene rings is 3. The lowest BCUT2D eigenvalue weighted by Crippen LogP contribution is -2.37. The zero-order chi connectivity index (χ0) is 21.8. The summed E-state index contributed by atoms with van der Waals surface area (Å²) >= 11 is 5.94. The molecule has 0 saturated carbocycles. The van der Waals surface area contributed by atoms with Crippen molar-refractivity contribution in [3.05, 3.63) is 106 Å². The highest BCUT2D eigenvalue weighted by molar-refractivity contribution is 6.30. The fourth-order valence-electron chi connectivity index (χ4n) is 3.42. The molecule has 0 N–H and O–H groups in total. The molecule has 31 heavy (non-hydrogen) atoms. The zero-order valence-electron chi connectivity index (χ0n) is 16.5. The van der Waals surface area contributed by atoms with E-state index in [9.17, 15) is 13.6 Å². The van der Waals surface area contributed by atoms with E-state index in [2.05, 4.69) is 5.16 Å². The Morgan fingerprint density at radius 1 is 1.03 bits per heavy atom. The minimum Gasteiger partial charge on any atom is -0.390 e. The van der Waals surface area contributed by atoms with Gasteiger partial charge in [0.1, 0.15) is 11.6 Å². The summed E-state index contributed by atoms with van der Waals surface area (Å²) in [6.07, 6.45) is 0.105. The van der Waals surface area contributed by atoms with Gasteiger partial charge in [0.25, 0.3) is 5.91 Å². The van der Waals surface area contributed by atoms with Gasteiger partial charge in [-0.25, -0.2) is 8.78 Å². The maximum atomic E-state index is 14.3. The molecule has 1 atom stereocenters. The number of carbonyl (C=O) groups excluding carboxylic acids is 1. The average Bonchev–Trinajstić information content (AvgIpc) is 3.24. The number of amides is 1. The second-order valence-corrected chi connectivity index (χ2v) is 7.70. The topological polar surface area (TPSA) is 41.9 Å². The lowest BCUT2D eigenvalue weighted by Gasteiger charge is -2.25. The minimum absolute atomic E-state index is 0.0264. The number of halogens is 3. The molecule has 4 nitrogen and oxygen atoms in total. The summed E-state index contributed by atoms with van der Waals surface area (Å²) in [5.74, 6) is -1.43. The van der Waals surface area contributed by atoms with E-state index < -0.39 is 11.7 Å². The predicted molar refractivity (Wildman–Crippen MR) is 115 cm³/mol. The molecule has 1 amide bonds. The monoisotopic (exact) mass is 440 g/mol. The Morgan fingerprint density at radius 2 is 1.74 bits per heavy atom. The van der Waals surface area contributed by atoms with Gasteiger partial charge < -0.3 is 9.74 Å². The highest BCUT2D eigenvalue weighted by Crippen LogP contribution is 2.21. The van der Waals surface area contributed by atoms with Gasteiger partial charge in [-0.05, 0) is 47.5 Å². The van der Waals surface area contributed by atoms with E-state index >= 15 is 0 Å². The number of rotatable bonds is 6. The lowest BCUT2D eigenvalue weighted by molar-refractivity contribution is 0.0402. The highest BCUT2D eigenvalue weighted by Gasteiger charge is 2.28.